The number of urea groups is 1. The zero-order valence-corrected chi connectivity index (χ0v) is 24.8. The number of nitrogens with two attached hydrogens (primary N) is 1. The number of carbonyl (C=O) groups is 2. The predicted molar refractivity (Wildman–Crippen MR) is 152 cm³/mol. The van der Waals surface area contributed by atoms with Crippen molar-refractivity contribution in [2.24, 2.45) is 34.0 Å². The minimum Gasteiger partial charge on any atom is -0.506 e. The first kappa shape index (κ1) is 26.6. The number of hydrogen-bond donors (Lipinski definition) is 4. The third-order valence-corrected chi connectivity index (χ3v) is 11.0. The van der Waals surface area contributed by atoms with E-state index in [-0.39, 0.29) is 23.0 Å². The quantitative estimate of drug-likeness (QED) is 0.286. The van der Waals surface area contributed by atoms with Gasteiger partial charge in [-0.3, -0.25) is 4.79 Å². The zero-order valence-electron chi connectivity index (χ0n) is 20.8. The molecule has 3 aliphatic rings. The third kappa shape index (κ3) is 4.94. The first-order valence-electron chi connectivity index (χ1n) is 12.6. The number of primary amides is 1. The largest absolute Gasteiger partial charge is 0.506 e. The lowest BCUT2D eigenvalue weighted by Gasteiger charge is -2.50. The number of halogens is 2. The molecule has 1 aromatic heterocycles. The molecule has 3 unspecified atom stereocenters. The van der Waals surface area contributed by atoms with E-state index in [1.807, 2.05) is 6.92 Å². The van der Waals surface area contributed by atoms with Gasteiger partial charge in [0, 0.05) is 28.6 Å². The Morgan fingerprint density at radius 3 is 2.84 bits per heavy atom. The number of rotatable bonds is 5. The van der Waals surface area contributed by atoms with Crippen LogP contribution in [0.5, 0.6) is 5.75 Å². The van der Waals surface area contributed by atoms with Crippen LogP contribution in [0.25, 0.3) is 0 Å². The van der Waals surface area contributed by atoms with Crippen molar-refractivity contribution >= 4 is 66.0 Å². The second-order valence-corrected chi connectivity index (χ2v) is 13.6. The molecule has 0 aliphatic heterocycles. The minimum atomic E-state index is -0.663. The van der Waals surface area contributed by atoms with Gasteiger partial charge >= 0.3 is 6.03 Å². The average molecular weight is 653 g/mol. The molecule has 5 atom stereocenters. The SMILES string of the molecule is Cc1cnc(NC(=O)CC[C@@H]2C/C(=N\NC(N)=O)[C@@]3(C)CCC4c5cc(Br)c(O)c(Br)c5CCC4C23)s1. The van der Waals surface area contributed by atoms with Gasteiger partial charge in [0.1, 0.15) is 5.75 Å². The Labute approximate surface area is 237 Å². The van der Waals surface area contributed by atoms with Gasteiger partial charge in [0.25, 0.3) is 0 Å². The summed E-state index contributed by atoms with van der Waals surface area (Å²) in [5, 5.41) is 18.5. The number of aromatic hydroxyl groups is 1. The predicted octanol–water partition coefficient (Wildman–Crippen LogP) is 6.21. The van der Waals surface area contributed by atoms with Crippen LogP contribution in [0.15, 0.2) is 26.3 Å². The first-order valence-corrected chi connectivity index (χ1v) is 15.0. The smallest absolute Gasteiger partial charge is 0.332 e. The van der Waals surface area contributed by atoms with E-state index in [2.05, 4.69) is 65.7 Å². The highest BCUT2D eigenvalue weighted by Crippen LogP contribution is 2.63. The Hall–Kier alpha value is -1.98. The van der Waals surface area contributed by atoms with E-state index in [0.717, 1.165) is 53.6 Å². The molecule has 2 aromatic rings. The van der Waals surface area contributed by atoms with Crippen molar-refractivity contribution in [3.8, 4) is 5.75 Å². The average Bonchev–Trinajstić information content (AvgIpc) is 3.39. The topological polar surface area (TPSA) is 130 Å². The summed E-state index contributed by atoms with van der Waals surface area (Å²) in [6, 6.07) is 1.43. The van der Waals surface area contributed by atoms with Gasteiger partial charge in [-0.2, -0.15) is 5.10 Å². The van der Waals surface area contributed by atoms with Crippen molar-refractivity contribution in [2.45, 2.75) is 64.7 Å². The summed E-state index contributed by atoms with van der Waals surface area (Å²) >= 11 is 8.63. The van der Waals surface area contributed by atoms with Gasteiger partial charge in [-0.25, -0.2) is 15.2 Å². The van der Waals surface area contributed by atoms with Crippen LogP contribution in [0.4, 0.5) is 9.93 Å². The fourth-order valence-corrected chi connectivity index (χ4v) is 9.22. The third-order valence-electron chi connectivity index (χ3n) is 8.68. The van der Waals surface area contributed by atoms with Crippen molar-refractivity contribution in [1.82, 2.24) is 10.4 Å². The summed E-state index contributed by atoms with van der Waals surface area (Å²) in [7, 11) is 0. The molecule has 0 radical (unpaired) electrons. The number of amides is 3. The van der Waals surface area contributed by atoms with E-state index in [1.165, 1.54) is 22.5 Å². The number of hydrazone groups is 1. The van der Waals surface area contributed by atoms with Crippen LogP contribution in [0.3, 0.4) is 0 Å². The Morgan fingerprint density at radius 2 is 2.14 bits per heavy atom. The molecule has 5 rings (SSSR count). The Kier molecular flexibility index (Phi) is 7.41. The van der Waals surface area contributed by atoms with Crippen LogP contribution in [0.2, 0.25) is 0 Å². The molecule has 37 heavy (non-hydrogen) atoms. The Morgan fingerprint density at radius 1 is 1.35 bits per heavy atom. The molecule has 1 aromatic carbocycles. The highest BCUT2D eigenvalue weighted by Gasteiger charge is 2.57. The monoisotopic (exact) mass is 651 g/mol. The van der Waals surface area contributed by atoms with E-state index in [0.29, 0.717) is 33.8 Å². The molecular formula is C26H31Br2N5O3S. The van der Waals surface area contributed by atoms with E-state index >= 15 is 0 Å². The van der Waals surface area contributed by atoms with Gasteiger partial charge < -0.3 is 16.2 Å². The fourth-order valence-electron chi connectivity index (χ4n) is 7.19. The number of thiazole rings is 1. The number of fused-ring (bicyclic) bond motifs is 5. The standard InChI is InChI=1S/C26H31Br2N5O3S/c1-12-11-30-25(37-12)31-20(34)6-3-13-9-19(32-33-24(29)36)26(2)8-7-14-15(21(13)26)4-5-16-17(14)10-18(27)23(35)22(16)28/h10-11,13-15,21,35H,3-9H2,1-2H3,(H3,29,33,36)(H,30,31,34)/b32-19+/t13-,14?,15?,21?,26-/m1/s1. The fraction of sp³-hybridized carbons (Fsp3) is 0.538. The van der Waals surface area contributed by atoms with Crippen LogP contribution in [-0.2, 0) is 11.2 Å². The lowest BCUT2D eigenvalue weighted by Crippen LogP contribution is -2.45. The summed E-state index contributed by atoms with van der Waals surface area (Å²) in [6.07, 6.45) is 7.48. The minimum absolute atomic E-state index is 0.0265. The number of hydrogen-bond acceptors (Lipinski definition) is 6. The second-order valence-electron chi connectivity index (χ2n) is 10.7. The summed E-state index contributed by atoms with van der Waals surface area (Å²) in [4.78, 5) is 29.6. The van der Waals surface area contributed by atoms with Gasteiger partial charge in [-0.15, -0.1) is 11.3 Å². The molecule has 5 N–H and O–H groups in total. The zero-order chi connectivity index (χ0) is 26.5. The van der Waals surface area contributed by atoms with Crippen LogP contribution in [0.1, 0.15) is 67.4 Å². The van der Waals surface area contributed by atoms with E-state index in [9.17, 15) is 14.7 Å². The maximum Gasteiger partial charge on any atom is 0.332 e. The van der Waals surface area contributed by atoms with E-state index in [4.69, 9.17) is 5.73 Å². The van der Waals surface area contributed by atoms with Crippen molar-refractivity contribution in [3.05, 3.63) is 37.2 Å². The maximum absolute atomic E-state index is 12.8. The van der Waals surface area contributed by atoms with Crippen LogP contribution >= 0.6 is 43.2 Å². The van der Waals surface area contributed by atoms with E-state index in [1.54, 1.807) is 6.20 Å². The van der Waals surface area contributed by atoms with Crippen molar-refractivity contribution in [2.75, 3.05) is 5.32 Å². The van der Waals surface area contributed by atoms with Gasteiger partial charge in [-0.05, 0) is 118 Å². The second kappa shape index (κ2) is 10.3. The lowest BCUT2D eigenvalue weighted by molar-refractivity contribution is -0.116. The Balaban J connectivity index is 1.42. The number of carbonyl (C=O) groups excluding carboxylic acids is 2. The summed E-state index contributed by atoms with van der Waals surface area (Å²) < 4.78 is 1.49. The molecule has 3 amide bonds. The molecule has 2 saturated carbocycles. The number of nitrogens with one attached hydrogen (secondary N) is 2. The molecule has 1 heterocycles. The first-order chi connectivity index (χ1) is 17.6. The summed E-state index contributed by atoms with van der Waals surface area (Å²) in [5.41, 5.74) is 11.1. The molecule has 198 valence electrons. The molecule has 0 bridgehead atoms. The van der Waals surface area contributed by atoms with Gasteiger partial charge in [0.15, 0.2) is 5.13 Å². The maximum atomic E-state index is 12.8. The Bertz CT molecular complexity index is 1280. The summed E-state index contributed by atoms with van der Waals surface area (Å²) in [6.45, 7) is 4.24. The number of aromatic nitrogens is 1. The number of nitrogens with zero attached hydrogens (tertiary/aromatic N) is 2. The van der Waals surface area contributed by atoms with E-state index < -0.39 is 6.03 Å². The highest BCUT2D eigenvalue weighted by molar-refractivity contribution is 9.11. The number of aryl methyl sites for hydroxylation is 1. The summed E-state index contributed by atoms with van der Waals surface area (Å²) in [5.74, 6) is 1.61. The van der Waals surface area contributed by atoms with Gasteiger partial charge in [0.2, 0.25) is 5.91 Å². The van der Waals surface area contributed by atoms with Gasteiger partial charge in [-0.1, -0.05) is 6.92 Å². The van der Waals surface area contributed by atoms with Crippen LogP contribution in [-0.4, -0.2) is 27.7 Å². The lowest BCUT2D eigenvalue weighted by atomic mass is 9.54. The van der Waals surface area contributed by atoms with Gasteiger partial charge in [0.05, 0.1) is 8.95 Å². The molecule has 11 heteroatoms. The molecular weight excluding hydrogens is 622 g/mol. The van der Waals surface area contributed by atoms with Crippen molar-refractivity contribution in [1.29, 1.82) is 0 Å². The van der Waals surface area contributed by atoms with Crippen molar-refractivity contribution in [3.63, 3.8) is 0 Å². The normalized spacial score (nSPS) is 29.4. The molecule has 0 spiro atoms. The molecule has 2 fully saturated rings. The van der Waals surface area contributed by atoms with Crippen molar-refractivity contribution < 1.29 is 14.7 Å². The number of phenols is 1. The number of anilines is 1. The molecule has 8 nitrogen and oxygen atoms in total. The number of benzene rings is 1. The molecule has 0 saturated heterocycles. The number of phenolic OH excluding ortho intramolecular Hbond substituents is 1. The van der Waals surface area contributed by atoms with Crippen LogP contribution < -0.4 is 16.5 Å². The highest BCUT2D eigenvalue weighted by atomic mass is 79.9. The van der Waals surface area contributed by atoms with Crippen LogP contribution in [0, 0.1) is 30.1 Å². The molecule has 3 aliphatic carbocycles.